The van der Waals surface area contributed by atoms with E-state index in [1.54, 1.807) is 0 Å². The van der Waals surface area contributed by atoms with E-state index < -0.39 is 0 Å². The molecule has 0 amide bonds. The highest BCUT2D eigenvalue weighted by Gasteiger charge is 2.19. The Morgan fingerprint density at radius 3 is 1.53 bits per heavy atom. The van der Waals surface area contributed by atoms with Crippen molar-refractivity contribution in [2.24, 2.45) is 0 Å². The molecule has 0 aliphatic carbocycles. The third kappa shape index (κ3) is 3.19. The van der Waals surface area contributed by atoms with Gasteiger partial charge in [-0.25, -0.2) is 0 Å². The number of benzene rings is 2. The van der Waals surface area contributed by atoms with Crippen LogP contribution in [0.1, 0.15) is 0 Å². The van der Waals surface area contributed by atoms with Gasteiger partial charge in [-0.3, -0.25) is 10.3 Å². The van der Waals surface area contributed by atoms with Crippen LogP contribution in [0.3, 0.4) is 0 Å². The highest BCUT2D eigenvalue weighted by molar-refractivity contribution is 6.83. The first-order chi connectivity index (χ1) is 8.27. The van der Waals surface area contributed by atoms with E-state index in [9.17, 15) is 0 Å². The number of rotatable bonds is 4. The maximum Gasteiger partial charge on any atom is 0.303 e. The van der Waals surface area contributed by atoms with Crippen LogP contribution in [0, 0.1) is 0 Å². The Hall–Kier alpha value is -1.58. The van der Waals surface area contributed by atoms with Gasteiger partial charge in [0.2, 0.25) is 0 Å². The first kappa shape index (κ1) is 11.9. The Kier molecular flexibility index (Phi) is 3.96. The van der Waals surface area contributed by atoms with E-state index in [2.05, 4.69) is 53.9 Å². The first-order valence-electron chi connectivity index (χ1n) is 5.81. The van der Waals surface area contributed by atoms with Crippen LogP contribution >= 0.6 is 0 Å². The maximum absolute atomic E-state index is 3.45. The molecule has 0 aliphatic heterocycles. The highest BCUT2D eigenvalue weighted by Crippen LogP contribution is 1.91. The minimum absolute atomic E-state index is 0.201. The largest absolute Gasteiger partial charge is 0.303 e. The standard InChI is InChI=1S/C14H17BN2/c1-17(2)16-15(13-9-5-3-6-10-13)14-11-7-4-8-12-14/h3-12,16H,1-2H3. The van der Waals surface area contributed by atoms with E-state index in [1.165, 1.54) is 10.9 Å². The number of hydrogen-bond acceptors (Lipinski definition) is 2. The van der Waals surface area contributed by atoms with Gasteiger partial charge in [0.15, 0.2) is 0 Å². The van der Waals surface area contributed by atoms with Crippen molar-refractivity contribution in [3.63, 3.8) is 0 Å². The van der Waals surface area contributed by atoms with E-state index in [1.807, 2.05) is 31.2 Å². The fourth-order valence-electron chi connectivity index (χ4n) is 1.89. The summed E-state index contributed by atoms with van der Waals surface area (Å²) in [5.41, 5.74) is 2.54. The Bertz CT molecular complexity index is 403. The van der Waals surface area contributed by atoms with Crippen LogP contribution in [0.15, 0.2) is 60.7 Å². The van der Waals surface area contributed by atoms with Crippen molar-refractivity contribution in [1.29, 1.82) is 0 Å². The molecule has 0 spiro atoms. The van der Waals surface area contributed by atoms with Gasteiger partial charge >= 0.3 is 6.85 Å². The summed E-state index contributed by atoms with van der Waals surface area (Å²) >= 11 is 0. The molecule has 1 N–H and O–H groups in total. The zero-order valence-corrected chi connectivity index (χ0v) is 10.3. The van der Waals surface area contributed by atoms with E-state index in [0.29, 0.717) is 0 Å². The average Bonchev–Trinajstić information content (AvgIpc) is 2.38. The third-order valence-corrected chi connectivity index (χ3v) is 2.65. The van der Waals surface area contributed by atoms with E-state index in [0.717, 1.165) is 0 Å². The lowest BCUT2D eigenvalue weighted by Crippen LogP contribution is -2.58. The molecule has 0 bridgehead atoms. The summed E-state index contributed by atoms with van der Waals surface area (Å²) in [7, 11) is 4.03. The molecule has 0 saturated heterocycles. The van der Waals surface area contributed by atoms with Crippen molar-refractivity contribution in [3.8, 4) is 0 Å². The van der Waals surface area contributed by atoms with Crippen LogP contribution in [0.25, 0.3) is 0 Å². The molecule has 3 heteroatoms. The lowest BCUT2D eigenvalue weighted by atomic mass is 9.51. The van der Waals surface area contributed by atoms with Crippen molar-refractivity contribution in [2.75, 3.05) is 14.1 Å². The molecule has 2 aromatic carbocycles. The van der Waals surface area contributed by atoms with Gasteiger partial charge in [-0.15, -0.1) is 0 Å². The molecule has 0 fully saturated rings. The molecule has 0 aliphatic rings. The molecule has 2 rings (SSSR count). The van der Waals surface area contributed by atoms with Crippen LogP contribution in [-0.2, 0) is 0 Å². The molecule has 2 aromatic rings. The number of hydrazine groups is 1. The van der Waals surface area contributed by atoms with Crippen molar-refractivity contribution in [1.82, 2.24) is 10.3 Å². The quantitative estimate of drug-likeness (QED) is 0.612. The Morgan fingerprint density at radius 1 is 0.765 bits per heavy atom. The lowest BCUT2D eigenvalue weighted by Gasteiger charge is -2.20. The topological polar surface area (TPSA) is 15.3 Å². The van der Waals surface area contributed by atoms with E-state index in [4.69, 9.17) is 0 Å². The number of nitrogens with one attached hydrogen (secondary N) is 1. The Balaban J connectivity index is 2.32. The lowest BCUT2D eigenvalue weighted by molar-refractivity contribution is 0.372. The average molecular weight is 224 g/mol. The second-order valence-electron chi connectivity index (χ2n) is 4.28. The summed E-state index contributed by atoms with van der Waals surface area (Å²) in [6, 6.07) is 21.0. The van der Waals surface area contributed by atoms with Crippen LogP contribution < -0.4 is 16.3 Å². The van der Waals surface area contributed by atoms with Crippen molar-refractivity contribution >= 4 is 17.8 Å². The Labute approximate surface area is 103 Å². The minimum Gasteiger partial charge on any atom is -0.284 e. The fraction of sp³-hybridized carbons (Fsp3) is 0.143. The number of nitrogens with zero attached hydrogens (tertiary/aromatic N) is 1. The summed E-state index contributed by atoms with van der Waals surface area (Å²) in [5, 5.41) is 5.44. The molecular formula is C14H17BN2. The van der Waals surface area contributed by atoms with Crippen molar-refractivity contribution in [2.45, 2.75) is 0 Å². The predicted molar refractivity (Wildman–Crippen MR) is 74.7 cm³/mol. The van der Waals surface area contributed by atoms with Gasteiger partial charge in [-0.05, 0) is 0 Å². The van der Waals surface area contributed by atoms with Gasteiger partial charge in [0.05, 0.1) is 0 Å². The molecule has 0 unspecified atom stereocenters. The van der Waals surface area contributed by atoms with Crippen LogP contribution in [0.4, 0.5) is 0 Å². The van der Waals surface area contributed by atoms with E-state index >= 15 is 0 Å². The second kappa shape index (κ2) is 5.66. The maximum atomic E-state index is 3.45. The van der Waals surface area contributed by atoms with E-state index in [-0.39, 0.29) is 6.85 Å². The van der Waals surface area contributed by atoms with Gasteiger partial charge in [-0.2, -0.15) is 0 Å². The molecule has 0 heterocycles. The van der Waals surface area contributed by atoms with Gasteiger partial charge in [0.25, 0.3) is 0 Å². The van der Waals surface area contributed by atoms with Crippen LogP contribution in [0.5, 0.6) is 0 Å². The molecule has 2 nitrogen and oxygen atoms in total. The molecule has 0 aromatic heterocycles. The molecule has 0 saturated carbocycles. The van der Waals surface area contributed by atoms with Crippen LogP contribution in [0.2, 0.25) is 0 Å². The van der Waals surface area contributed by atoms with Crippen molar-refractivity contribution in [3.05, 3.63) is 60.7 Å². The minimum atomic E-state index is 0.201. The van der Waals surface area contributed by atoms with Gasteiger partial charge in [0, 0.05) is 14.1 Å². The summed E-state index contributed by atoms with van der Waals surface area (Å²) in [6.07, 6.45) is 0. The predicted octanol–water partition coefficient (Wildman–Crippen LogP) is 0.858. The SMILES string of the molecule is CN(C)NB(c1ccccc1)c1ccccc1. The first-order valence-corrected chi connectivity index (χ1v) is 5.81. The fourth-order valence-corrected chi connectivity index (χ4v) is 1.89. The van der Waals surface area contributed by atoms with Gasteiger partial charge < -0.3 is 0 Å². The molecule has 86 valence electrons. The smallest absolute Gasteiger partial charge is 0.284 e. The van der Waals surface area contributed by atoms with Crippen LogP contribution in [-0.4, -0.2) is 26.0 Å². The van der Waals surface area contributed by atoms with Gasteiger partial charge in [0.1, 0.15) is 0 Å². The molecule has 17 heavy (non-hydrogen) atoms. The third-order valence-electron chi connectivity index (χ3n) is 2.65. The summed E-state index contributed by atoms with van der Waals surface area (Å²) in [6.45, 7) is 0.201. The van der Waals surface area contributed by atoms with Crippen molar-refractivity contribution < 1.29 is 0 Å². The molecule has 0 atom stereocenters. The normalized spacial score (nSPS) is 10.5. The summed E-state index contributed by atoms with van der Waals surface area (Å²) < 4.78 is 0. The zero-order chi connectivity index (χ0) is 12.1. The molecule has 0 radical (unpaired) electrons. The molecular weight excluding hydrogens is 207 g/mol. The van der Waals surface area contributed by atoms with Gasteiger partial charge in [-0.1, -0.05) is 71.6 Å². The number of hydrogen-bond donors (Lipinski definition) is 1. The summed E-state index contributed by atoms with van der Waals surface area (Å²) in [5.74, 6) is 0. The second-order valence-corrected chi connectivity index (χ2v) is 4.28. The summed E-state index contributed by atoms with van der Waals surface area (Å²) in [4.78, 5) is 0. The Morgan fingerprint density at radius 2 is 1.18 bits per heavy atom. The highest BCUT2D eigenvalue weighted by atomic mass is 15.4. The monoisotopic (exact) mass is 224 g/mol. The zero-order valence-electron chi connectivity index (χ0n) is 10.3.